The van der Waals surface area contributed by atoms with Gasteiger partial charge in [0.15, 0.2) is 0 Å². The summed E-state index contributed by atoms with van der Waals surface area (Å²) in [6, 6.07) is -1.40. The molecule has 2 atom stereocenters. The van der Waals surface area contributed by atoms with Gasteiger partial charge >= 0.3 is 12.0 Å². The number of hydrogen-bond acceptors (Lipinski definition) is 3. The van der Waals surface area contributed by atoms with Crippen molar-refractivity contribution in [1.29, 1.82) is 0 Å². The molecule has 0 radical (unpaired) electrons. The van der Waals surface area contributed by atoms with Crippen LogP contribution in [0.3, 0.4) is 0 Å². The van der Waals surface area contributed by atoms with Crippen LogP contribution in [-0.2, 0) is 9.59 Å². The number of carbonyl (C=O) groups is 3. The molecule has 0 rings (SSSR count). The van der Waals surface area contributed by atoms with E-state index in [1.807, 2.05) is 6.92 Å². The molecule has 110 valence electrons. The first-order valence-corrected chi connectivity index (χ1v) is 6.44. The molecule has 0 aromatic rings. The number of amides is 3. The lowest BCUT2D eigenvalue weighted by Crippen LogP contribution is -2.49. The van der Waals surface area contributed by atoms with Gasteiger partial charge in [-0.25, -0.2) is 9.59 Å². The topological polar surface area (TPSA) is 122 Å². The van der Waals surface area contributed by atoms with Gasteiger partial charge in [-0.1, -0.05) is 20.3 Å². The Hall–Kier alpha value is -1.79. The van der Waals surface area contributed by atoms with Crippen LogP contribution in [0.2, 0.25) is 0 Å². The normalized spacial score (nSPS) is 13.4. The van der Waals surface area contributed by atoms with Crippen molar-refractivity contribution in [1.82, 2.24) is 10.6 Å². The maximum Gasteiger partial charge on any atom is 0.326 e. The predicted molar refractivity (Wildman–Crippen MR) is 70.5 cm³/mol. The molecule has 19 heavy (non-hydrogen) atoms. The van der Waals surface area contributed by atoms with Crippen molar-refractivity contribution in [3.05, 3.63) is 0 Å². The second-order valence-corrected chi connectivity index (χ2v) is 4.53. The van der Waals surface area contributed by atoms with Gasteiger partial charge in [-0.2, -0.15) is 0 Å². The third-order valence-electron chi connectivity index (χ3n) is 2.90. The van der Waals surface area contributed by atoms with Crippen LogP contribution in [0.4, 0.5) is 4.79 Å². The summed E-state index contributed by atoms with van der Waals surface area (Å²) in [5.41, 5.74) is 4.98. The van der Waals surface area contributed by atoms with E-state index in [1.54, 1.807) is 6.92 Å². The summed E-state index contributed by atoms with van der Waals surface area (Å²) in [4.78, 5) is 33.0. The standard InChI is InChI=1S/C12H23N3O4/c1-3-8(2)10(11(17)18)15-12(19)14-7-5-4-6-9(13)16/h8,10H,3-7H2,1-2H3,(H2,13,16)(H,17,18)(H2,14,15,19)/t8-,10-/m0/s1. The molecule has 0 aromatic carbocycles. The van der Waals surface area contributed by atoms with Crippen LogP contribution in [0.25, 0.3) is 0 Å². The molecule has 0 unspecified atom stereocenters. The molecule has 0 aliphatic carbocycles. The summed E-state index contributed by atoms with van der Waals surface area (Å²) in [5.74, 6) is -1.55. The molecule has 0 saturated carbocycles. The quantitative estimate of drug-likeness (QED) is 0.455. The zero-order valence-corrected chi connectivity index (χ0v) is 11.4. The van der Waals surface area contributed by atoms with Crippen LogP contribution in [0, 0.1) is 5.92 Å². The fourth-order valence-electron chi connectivity index (χ4n) is 1.50. The average molecular weight is 273 g/mol. The van der Waals surface area contributed by atoms with Gasteiger partial charge in [0.2, 0.25) is 5.91 Å². The highest BCUT2D eigenvalue weighted by Crippen LogP contribution is 2.07. The number of hydrogen-bond donors (Lipinski definition) is 4. The molecule has 0 aliphatic heterocycles. The van der Waals surface area contributed by atoms with Gasteiger partial charge in [-0.15, -0.1) is 0 Å². The molecule has 0 saturated heterocycles. The van der Waals surface area contributed by atoms with Gasteiger partial charge < -0.3 is 21.5 Å². The molecule has 0 heterocycles. The first-order valence-electron chi connectivity index (χ1n) is 6.44. The molecule has 7 heteroatoms. The SMILES string of the molecule is CC[C@H](C)[C@H](NC(=O)NCCCCC(N)=O)C(=O)O. The Kier molecular flexibility index (Phi) is 8.32. The number of carboxylic acid groups (broad SMARTS) is 1. The van der Waals surface area contributed by atoms with Gasteiger partial charge in [0.25, 0.3) is 0 Å². The number of nitrogens with one attached hydrogen (secondary N) is 2. The zero-order chi connectivity index (χ0) is 14.8. The summed E-state index contributed by atoms with van der Waals surface area (Å²) in [6.45, 7) is 4.02. The van der Waals surface area contributed by atoms with E-state index >= 15 is 0 Å². The van der Waals surface area contributed by atoms with Crippen molar-refractivity contribution in [2.45, 2.75) is 45.6 Å². The molecule has 3 amide bonds. The minimum absolute atomic E-state index is 0.141. The second kappa shape index (κ2) is 9.18. The number of rotatable bonds is 9. The maximum absolute atomic E-state index is 11.5. The first-order chi connectivity index (χ1) is 8.88. The Bertz CT molecular complexity index is 320. The third kappa shape index (κ3) is 8.01. The number of carbonyl (C=O) groups excluding carboxylic acids is 2. The summed E-state index contributed by atoms with van der Waals surface area (Å²) >= 11 is 0. The van der Waals surface area contributed by atoms with Crippen LogP contribution in [0.15, 0.2) is 0 Å². The van der Waals surface area contributed by atoms with E-state index in [1.165, 1.54) is 0 Å². The molecule has 0 spiro atoms. The lowest BCUT2D eigenvalue weighted by atomic mass is 9.99. The molecule has 0 aliphatic rings. The van der Waals surface area contributed by atoms with Crippen molar-refractivity contribution in [2.24, 2.45) is 11.7 Å². The number of unbranched alkanes of at least 4 members (excludes halogenated alkanes) is 1. The van der Waals surface area contributed by atoms with E-state index in [9.17, 15) is 14.4 Å². The Balaban J connectivity index is 3.94. The van der Waals surface area contributed by atoms with Gasteiger partial charge in [-0.3, -0.25) is 4.79 Å². The van der Waals surface area contributed by atoms with Crippen LogP contribution < -0.4 is 16.4 Å². The monoisotopic (exact) mass is 273 g/mol. The third-order valence-corrected chi connectivity index (χ3v) is 2.90. The highest BCUT2D eigenvalue weighted by atomic mass is 16.4. The minimum Gasteiger partial charge on any atom is -0.480 e. The average Bonchev–Trinajstić information content (AvgIpc) is 2.33. The van der Waals surface area contributed by atoms with E-state index < -0.39 is 18.0 Å². The van der Waals surface area contributed by atoms with E-state index in [0.717, 1.165) is 0 Å². The maximum atomic E-state index is 11.5. The molecule has 5 N–H and O–H groups in total. The summed E-state index contributed by atoms with van der Waals surface area (Å²) in [5, 5.41) is 14.0. The van der Waals surface area contributed by atoms with E-state index in [4.69, 9.17) is 10.8 Å². The highest BCUT2D eigenvalue weighted by Gasteiger charge is 2.24. The second-order valence-electron chi connectivity index (χ2n) is 4.53. The van der Waals surface area contributed by atoms with Crippen LogP contribution in [-0.4, -0.2) is 35.6 Å². The van der Waals surface area contributed by atoms with E-state index in [2.05, 4.69) is 10.6 Å². The summed E-state index contributed by atoms with van der Waals surface area (Å²) in [6.07, 6.45) is 2.17. The van der Waals surface area contributed by atoms with Crippen LogP contribution in [0.5, 0.6) is 0 Å². The fraction of sp³-hybridized carbons (Fsp3) is 0.750. The Morgan fingerprint density at radius 2 is 1.89 bits per heavy atom. The number of carboxylic acids is 1. The van der Waals surface area contributed by atoms with Crippen molar-refractivity contribution in [3.63, 3.8) is 0 Å². The van der Waals surface area contributed by atoms with Gasteiger partial charge in [0.1, 0.15) is 6.04 Å². The van der Waals surface area contributed by atoms with E-state index in [0.29, 0.717) is 25.8 Å². The summed E-state index contributed by atoms with van der Waals surface area (Å²) in [7, 11) is 0. The lowest BCUT2D eigenvalue weighted by Gasteiger charge is -2.20. The molecular weight excluding hydrogens is 250 g/mol. The van der Waals surface area contributed by atoms with Gasteiger partial charge in [0.05, 0.1) is 0 Å². The number of nitrogens with two attached hydrogens (primary N) is 1. The smallest absolute Gasteiger partial charge is 0.326 e. The van der Waals surface area contributed by atoms with Gasteiger partial charge in [0, 0.05) is 13.0 Å². The Morgan fingerprint density at radius 1 is 1.26 bits per heavy atom. The fourth-order valence-corrected chi connectivity index (χ4v) is 1.50. The summed E-state index contributed by atoms with van der Waals surface area (Å²) < 4.78 is 0. The lowest BCUT2D eigenvalue weighted by molar-refractivity contribution is -0.140. The van der Waals surface area contributed by atoms with E-state index in [-0.39, 0.29) is 18.2 Å². The van der Waals surface area contributed by atoms with Crippen molar-refractivity contribution < 1.29 is 19.5 Å². The highest BCUT2D eigenvalue weighted by molar-refractivity contribution is 5.82. The zero-order valence-electron chi connectivity index (χ0n) is 11.4. The van der Waals surface area contributed by atoms with Crippen LogP contribution >= 0.6 is 0 Å². The first kappa shape index (κ1) is 17.2. The van der Waals surface area contributed by atoms with Crippen molar-refractivity contribution in [3.8, 4) is 0 Å². The number of urea groups is 1. The van der Waals surface area contributed by atoms with Gasteiger partial charge in [-0.05, 0) is 18.8 Å². The number of primary amides is 1. The number of aliphatic carboxylic acids is 1. The van der Waals surface area contributed by atoms with Crippen molar-refractivity contribution in [2.75, 3.05) is 6.54 Å². The van der Waals surface area contributed by atoms with Crippen molar-refractivity contribution >= 4 is 17.9 Å². The van der Waals surface area contributed by atoms with Crippen LogP contribution in [0.1, 0.15) is 39.5 Å². The molecule has 0 aromatic heterocycles. The molecule has 7 nitrogen and oxygen atoms in total. The molecule has 0 fully saturated rings. The minimum atomic E-state index is -1.04. The predicted octanol–water partition coefficient (Wildman–Crippen LogP) is 0.441. The Morgan fingerprint density at radius 3 is 2.37 bits per heavy atom. The largest absolute Gasteiger partial charge is 0.480 e. The Labute approximate surface area is 112 Å². The molecule has 0 bridgehead atoms. The molecular formula is C12H23N3O4.